The summed E-state index contributed by atoms with van der Waals surface area (Å²) in [5.41, 5.74) is 3.55. The number of anilines is 1. The molecular formula is C23H25ClN4O4S. The summed E-state index contributed by atoms with van der Waals surface area (Å²) in [6, 6.07) is 10.2. The van der Waals surface area contributed by atoms with Crippen LogP contribution in [0.2, 0.25) is 5.02 Å². The molecule has 2 heterocycles. The Labute approximate surface area is 198 Å². The maximum atomic E-state index is 13.1. The molecule has 3 aromatic rings. The number of ether oxygens (including phenoxy) is 1. The number of esters is 1. The molecule has 0 aliphatic carbocycles. The van der Waals surface area contributed by atoms with E-state index in [1.165, 1.54) is 10.4 Å². The third-order valence-corrected chi connectivity index (χ3v) is 8.12. The van der Waals surface area contributed by atoms with Gasteiger partial charge < -0.3 is 9.64 Å². The second-order valence-corrected chi connectivity index (χ2v) is 10.2. The second-order valence-electron chi connectivity index (χ2n) is 7.86. The van der Waals surface area contributed by atoms with Gasteiger partial charge in [-0.2, -0.15) is 4.31 Å². The van der Waals surface area contributed by atoms with Gasteiger partial charge in [0.05, 0.1) is 22.7 Å². The first-order valence-electron chi connectivity index (χ1n) is 10.7. The molecule has 0 atom stereocenters. The molecule has 0 spiro atoms. The summed E-state index contributed by atoms with van der Waals surface area (Å²) in [5, 5.41) is 0.190. The monoisotopic (exact) mass is 488 g/mol. The van der Waals surface area contributed by atoms with Gasteiger partial charge in [0.15, 0.2) is 11.5 Å². The van der Waals surface area contributed by atoms with Crippen LogP contribution in [0.15, 0.2) is 41.3 Å². The molecule has 1 aliphatic rings. The zero-order chi connectivity index (χ0) is 23.8. The summed E-state index contributed by atoms with van der Waals surface area (Å²) in [7, 11) is -3.73. The number of benzene rings is 2. The summed E-state index contributed by atoms with van der Waals surface area (Å²) in [6.07, 6.45) is 0. The standard InChI is InChI=1S/C23H25ClN4O4S/c1-4-32-23(29)21-22(26-19-14-16(3)15(2)13-18(19)25-21)27-9-11-28(12-10-27)33(30,31)20-8-6-5-7-17(20)24/h5-8,13-14H,4,9-12H2,1-3H3. The van der Waals surface area contributed by atoms with Crippen molar-refractivity contribution in [2.24, 2.45) is 0 Å². The van der Waals surface area contributed by atoms with Gasteiger partial charge in [-0.15, -0.1) is 0 Å². The average molecular weight is 489 g/mol. The predicted molar refractivity (Wildman–Crippen MR) is 127 cm³/mol. The molecule has 0 unspecified atom stereocenters. The maximum absolute atomic E-state index is 13.1. The number of carbonyl (C=O) groups is 1. The van der Waals surface area contributed by atoms with Gasteiger partial charge in [-0.25, -0.2) is 23.2 Å². The van der Waals surface area contributed by atoms with E-state index in [9.17, 15) is 13.2 Å². The van der Waals surface area contributed by atoms with Gasteiger partial charge in [0.2, 0.25) is 10.0 Å². The minimum absolute atomic E-state index is 0.0867. The lowest BCUT2D eigenvalue weighted by Crippen LogP contribution is -2.49. The average Bonchev–Trinajstić information content (AvgIpc) is 2.79. The summed E-state index contributed by atoms with van der Waals surface area (Å²) in [4.78, 5) is 24.0. The minimum atomic E-state index is -3.73. The third-order valence-electron chi connectivity index (χ3n) is 5.72. The number of carbonyl (C=O) groups excluding carboxylic acids is 1. The van der Waals surface area contributed by atoms with Crippen LogP contribution >= 0.6 is 11.6 Å². The van der Waals surface area contributed by atoms with Crippen LogP contribution in [-0.2, 0) is 14.8 Å². The SMILES string of the molecule is CCOC(=O)c1nc2cc(C)c(C)cc2nc1N1CCN(S(=O)(=O)c2ccccc2Cl)CC1. The molecule has 174 valence electrons. The number of halogens is 1. The lowest BCUT2D eigenvalue weighted by Gasteiger charge is -2.35. The van der Waals surface area contributed by atoms with Crippen LogP contribution in [0.3, 0.4) is 0 Å². The Morgan fingerprint density at radius 2 is 1.64 bits per heavy atom. The van der Waals surface area contributed by atoms with E-state index in [2.05, 4.69) is 4.98 Å². The van der Waals surface area contributed by atoms with Gasteiger partial charge in [0.25, 0.3) is 0 Å². The van der Waals surface area contributed by atoms with Crippen LogP contribution in [0.4, 0.5) is 5.82 Å². The molecule has 4 rings (SSSR count). The van der Waals surface area contributed by atoms with Crippen LogP contribution in [-0.4, -0.2) is 61.4 Å². The molecule has 8 nitrogen and oxygen atoms in total. The molecule has 1 fully saturated rings. The Kier molecular flexibility index (Phi) is 6.56. The Morgan fingerprint density at radius 3 is 2.24 bits per heavy atom. The Bertz CT molecular complexity index is 1320. The topological polar surface area (TPSA) is 92.7 Å². The first kappa shape index (κ1) is 23.4. The lowest BCUT2D eigenvalue weighted by atomic mass is 10.1. The predicted octanol–water partition coefficient (Wildman–Crippen LogP) is 3.59. The van der Waals surface area contributed by atoms with Crippen molar-refractivity contribution in [3.05, 3.63) is 58.2 Å². The van der Waals surface area contributed by atoms with Crippen LogP contribution < -0.4 is 4.90 Å². The van der Waals surface area contributed by atoms with E-state index in [4.69, 9.17) is 21.3 Å². The summed E-state index contributed by atoms with van der Waals surface area (Å²) >= 11 is 6.13. The van der Waals surface area contributed by atoms with Gasteiger partial charge in [-0.05, 0) is 56.2 Å². The van der Waals surface area contributed by atoms with Crippen molar-refractivity contribution in [2.75, 3.05) is 37.7 Å². The van der Waals surface area contributed by atoms with E-state index >= 15 is 0 Å². The first-order chi connectivity index (χ1) is 15.7. The quantitative estimate of drug-likeness (QED) is 0.506. The van der Waals surface area contributed by atoms with Gasteiger partial charge in [0, 0.05) is 26.2 Å². The van der Waals surface area contributed by atoms with Crippen molar-refractivity contribution >= 4 is 44.4 Å². The fourth-order valence-electron chi connectivity index (χ4n) is 3.79. The Hall–Kier alpha value is -2.75. The number of hydrogen-bond acceptors (Lipinski definition) is 7. The van der Waals surface area contributed by atoms with E-state index in [0.29, 0.717) is 29.9 Å². The van der Waals surface area contributed by atoms with Crippen LogP contribution in [0.25, 0.3) is 11.0 Å². The number of piperazine rings is 1. The highest BCUT2D eigenvalue weighted by Crippen LogP contribution is 2.28. The summed E-state index contributed by atoms with van der Waals surface area (Å²) in [5.74, 6) is -0.148. The molecule has 0 bridgehead atoms. The van der Waals surface area contributed by atoms with Gasteiger partial charge in [0.1, 0.15) is 4.90 Å². The highest BCUT2D eigenvalue weighted by Gasteiger charge is 2.32. The van der Waals surface area contributed by atoms with Gasteiger partial charge in [-0.1, -0.05) is 23.7 Å². The highest BCUT2D eigenvalue weighted by molar-refractivity contribution is 7.89. The van der Waals surface area contributed by atoms with Crippen molar-refractivity contribution in [2.45, 2.75) is 25.7 Å². The van der Waals surface area contributed by atoms with E-state index in [0.717, 1.165) is 11.1 Å². The summed E-state index contributed by atoms with van der Waals surface area (Å²) < 4.78 is 32.8. The number of aromatic nitrogens is 2. The highest BCUT2D eigenvalue weighted by atomic mass is 35.5. The first-order valence-corrected chi connectivity index (χ1v) is 12.5. The molecule has 10 heteroatoms. The third kappa shape index (κ3) is 4.53. The van der Waals surface area contributed by atoms with Crippen molar-refractivity contribution in [3.63, 3.8) is 0 Å². The van der Waals surface area contributed by atoms with E-state index in [-0.39, 0.29) is 35.3 Å². The second kappa shape index (κ2) is 9.24. The number of sulfonamides is 1. The van der Waals surface area contributed by atoms with E-state index in [1.807, 2.05) is 30.9 Å². The van der Waals surface area contributed by atoms with Crippen molar-refractivity contribution in [3.8, 4) is 0 Å². The smallest absolute Gasteiger partial charge is 0.360 e. The number of rotatable bonds is 5. The molecule has 33 heavy (non-hydrogen) atoms. The summed E-state index contributed by atoms with van der Waals surface area (Å²) in [6.45, 7) is 7.07. The zero-order valence-electron chi connectivity index (χ0n) is 18.7. The van der Waals surface area contributed by atoms with Crippen molar-refractivity contribution < 1.29 is 17.9 Å². The van der Waals surface area contributed by atoms with Crippen LogP contribution in [0.5, 0.6) is 0 Å². The largest absolute Gasteiger partial charge is 0.461 e. The zero-order valence-corrected chi connectivity index (χ0v) is 20.3. The molecule has 1 aromatic heterocycles. The van der Waals surface area contributed by atoms with Gasteiger partial charge in [-0.3, -0.25) is 0 Å². The molecule has 0 amide bonds. The van der Waals surface area contributed by atoms with Crippen LogP contribution in [0.1, 0.15) is 28.5 Å². The molecule has 0 saturated carbocycles. The number of aryl methyl sites for hydroxylation is 2. The molecule has 2 aromatic carbocycles. The fourth-order valence-corrected chi connectivity index (χ4v) is 5.71. The van der Waals surface area contributed by atoms with Crippen LogP contribution in [0, 0.1) is 13.8 Å². The normalized spacial score (nSPS) is 15.1. The van der Waals surface area contributed by atoms with Crippen molar-refractivity contribution in [1.29, 1.82) is 0 Å². The molecule has 0 N–H and O–H groups in total. The number of fused-ring (bicyclic) bond motifs is 1. The van der Waals surface area contributed by atoms with Crippen molar-refractivity contribution in [1.82, 2.24) is 14.3 Å². The van der Waals surface area contributed by atoms with E-state index in [1.54, 1.807) is 25.1 Å². The molecule has 0 radical (unpaired) electrons. The maximum Gasteiger partial charge on any atom is 0.360 e. The van der Waals surface area contributed by atoms with E-state index < -0.39 is 16.0 Å². The lowest BCUT2D eigenvalue weighted by molar-refractivity contribution is 0.0520. The molecular weight excluding hydrogens is 464 g/mol. The number of nitrogens with zero attached hydrogens (tertiary/aromatic N) is 4. The fraction of sp³-hybridized carbons (Fsp3) is 0.348. The number of hydrogen-bond donors (Lipinski definition) is 0. The molecule has 1 aliphatic heterocycles. The van der Waals surface area contributed by atoms with Gasteiger partial charge >= 0.3 is 5.97 Å². The minimum Gasteiger partial charge on any atom is -0.461 e. The molecule has 1 saturated heterocycles. The Morgan fingerprint density at radius 1 is 1.03 bits per heavy atom. The Balaban J connectivity index is 1.66.